The molecule has 0 spiro atoms. The summed E-state index contributed by atoms with van der Waals surface area (Å²) in [6.07, 6.45) is 2.64. The van der Waals surface area contributed by atoms with Gasteiger partial charge in [-0.15, -0.1) is 0 Å². The Balaban J connectivity index is 2.30. The number of rotatable bonds is 6. The number of para-hydroxylation sites is 1. The van der Waals surface area contributed by atoms with E-state index >= 15 is 0 Å². The van der Waals surface area contributed by atoms with E-state index < -0.39 is 0 Å². The standard InChI is InChI=1S/C16H23N3O/c1-4-20-16(2,3)15(19-17)11-12-9-10-18-14-8-6-5-7-13(12)14/h5-10,15,19H,4,11,17H2,1-3H3. The first-order chi connectivity index (χ1) is 9.58. The Bertz CT molecular complexity index is 563. The first-order valence-corrected chi connectivity index (χ1v) is 7.01. The van der Waals surface area contributed by atoms with Gasteiger partial charge in [-0.2, -0.15) is 0 Å². The Morgan fingerprint density at radius 2 is 2.05 bits per heavy atom. The fourth-order valence-electron chi connectivity index (χ4n) is 2.53. The largest absolute Gasteiger partial charge is 0.374 e. The maximum atomic E-state index is 5.81. The van der Waals surface area contributed by atoms with E-state index in [2.05, 4.69) is 36.4 Å². The van der Waals surface area contributed by atoms with Gasteiger partial charge in [0, 0.05) is 18.2 Å². The lowest BCUT2D eigenvalue weighted by Crippen LogP contribution is -2.52. The highest BCUT2D eigenvalue weighted by molar-refractivity contribution is 5.81. The number of pyridine rings is 1. The molecule has 4 nitrogen and oxygen atoms in total. The van der Waals surface area contributed by atoms with Crippen LogP contribution in [0.15, 0.2) is 36.5 Å². The third-order valence-corrected chi connectivity index (χ3v) is 3.72. The van der Waals surface area contributed by atoms with E-state index in [0.29, 0.717) is 6.61 Å². The molecule has 0 aliphatic carbocycles. The van der Waals surface area contributed by atoms with Crippen LogP contribution in [0.5, 0.6) is 0 Å². The molecule has 0 aliphatic heterocycles. The molecule has 0 radical (unpaired) electrons. The zero-order valence-electron chi connectivity index (χ0n) is 12.4. The molecule has 2 aromatic rings. The fraction of sp³-hybridized carbons (Fsp3) is 0.438. The van der Waals surface area contributed by atoms with Gasteiger partial charge in [0.15, 0.2) is 0 Å². The molecule has 4 heteroatoms. The average Bonchev–Trinajstić information content (AvgIpc) is 2.44. The van der Waals surface area contributed by atoms with Crippen molar-refractivity contribution in [2.24, 2.45) is 5.84 Å². The number of aromatic nitrogens is 1. The Morgan fingerprint density at radius 3 is 2.75 bits per heavy atom. The van der Waals surface area contributed by atoms with E-state index in [1.54, 1.807) is 0 Å². The number of hydrazine groups is 1. The molecule has 108 valence electrons. The minimum Gasteiger partial charge on any atom is -0.374 e. The number of ether oxygens (including phenoxy) is 1. The second-order valence-corrected chi connectivity index (χ2v) is 5.45. The molecule has 0 bridgehead atoms. The fourth-order valence-corrected chi connectivity index (χ4v) is 2.53. The van der Waals surface area contributed by atoms with Gasteiger partial charge in [0.1, 0.15) is 0 Å². The molecule has 0 fully saturated rings. The Kier molecular flexibility index (Phi) is 4.70. The van der Waals surface area contributed by atoms with Gasteiger partial charge >= 0.3 is 0 Å². The van der Waals surface area contributed by atoms with Crippen LogP contribution in [0, 0.1) is 0 Å². The third-order valence-electron chi connectivity index (χ3n) is 3.72. The van der Waals surface area contributed by atoms with Gasteiger partial charge in [-0.05, 0) is 44.9 Å². The third kappa shape index (κ3) is 3.15. The molecule has 0 saturated heterocycles. The lowest BCUT2D eigenvalue weighted by molar-refractivity contribution is -0.0380. The van der Waals surface area contributed by atoms with Gasteiger partial charge in [-0.25, -0.2) is 0 Å². The summed E-state index contributed by atoms with van der Waals surface area (Å²) < 4.78 is 5.81. The van der Waals surface area contributed by atoms with Crippen LogP contribution in [0.2, 0.25) is 0 Å². The molecule has 2 rings (SSSR count). The molecule has 3 N–H and O–H groups in total. The van der Waals surface area contributed by atoms with E-state index in [-0.39, 0.29) is 11.6 Å². The molecule has 0 aliphatic rings. The van der Waals surface area contributed by atoms with Crippen LogP contribution in [0.25, 0.3) is 10.9 Å². The van der Waals surface area contributed by atoms with E-state index in [1.807, 2.05) is 31.3 Å². The molecule has 1 aromatic heterocycles. The molecule has 0 saturated carbocycles. The molecule has 1 aromatic carbocycles. The van der Waals surface area contributed by atoms with Crippen LogP contribution in [0.3, 0.4) is 0 Å². The molecule has 1 heterocycles. The number of hydrogen-bond acceptors (Lipinski definition) is 4. The second-order valence-electron chi connectivity index (χ2n) is 5.45. The number of nitrogens with zero attached hydrogens (tertiary/aromatic N) is 1. The summed E-state index contributed by atoms with van der Waals surface area (Å²) >= 11 is 0. The number of nitrogens with two attached hydrogens (primary N) is 1. The van der Waals surface area contributed by atoms with Crippen LogP contribution >= 0.6 is 0 Å². The summed E-state index contributed by atoms with van der Waals surface area (Å²) in [4.78, 5) is 4.39. The van der Waals surface area contributed by atoms with Crippen molar-refractivity contribution >= 4 is 10.9 Å². The van der Waals surface area contributed by atoms with Crippen molar-refractivity contribution in [1.82, 2.24) is 10.4 Å². The highest BCUT2D eigenvalue weighted by Gasteiger charge is 2.29. The first kappa shape index (κ1) is 14.9. The van der Waals surface area contributed by atoms with Crippen molar-refractivity contribution in [3.63, 3.8) is 0 Å². The number of nitrogens with one attached hydrogen (secondary N) is 1. The summed E-state index contributed by atoms with van der Waals surface area (Å²) in [5, 5.41) is 1.17. The van der Waals surface area contributed by atoms with E-state index in [0.717, 1.165) is 11.9 Å². The summed E-state index contributed by atoms with van der Waals surface area (Å²) in [5.41, 5.74) is 4.81. The highest BCUT2D eigenvalue weighted by atomic mass is 16.5. The van der Waals surface area contributed by atoms with Gasteiger partial charge < -0.3 is 4.74 Å². The Morgan fingerprint density at radius 1 is 1.30 bits per heavy atom. The van der Waals surface area contributed by atoms with Crippen LogP contribution < -0.4 is 11.3 Å². The zero-order valence-corrected chi connectivity index (χ0v) is 12.4. The molecule has 1 unspecified atom stereocenters. The highest BCUT2D eigenvalue weighted by Crippen LogP contribution is 2.22. The van der Waals surface area contributed by atoms with Crippen molar-refractivity contribution in [3.8, 4) is 0 Å². The maximum absolute atomic E-state index is 5.81. The number of fused-ring (bicyclic) bond motifs is 1. The van der Waals surface area contributed by atoms with Crippen LogP contribution in [-0.2, 0) is 11.2 Å². The lowest BCUT2D eigenvalue weighted by atomic mass is 9.91. The first-order valence-electron chi connectivity index (χ1n) is 7.01. The van der Waals surface area contributed by atoms with Crippen molar-refractivity contribution in [2.45, 2.75) is 38.8 Å². The number of hydrogen-bond donors (Lipinski definition) is 2. The summed E-state index contributed by atoms with van der Waals surface area (Å²) in [5.74, 6) is 5.74. The van der Waals surface area contributed by atoms with Gasteiger partial charge in [-0.3, -0.25) is 16.3 Å². The minimum absolute atomic E-state index is 0.0354. The predicted octanol–water partition coefficient (Wildman–Crippen LogP) is 2.42. The van der Waals surface area contributed by atoms with Gasteiger partial charge in [0.05, 0.1) is 17.2 Å². The Hall–Kier alpha value is -1.49. The molecule has 0 amide bonds. The van der Waals surface area contributed by atoms with Crippen LogP contribution in [0.4, 0.5) is 0 Å². The van der Waals surface area contributed by atoms with E-state index in [1.165, 1.54) is 10.9 Å². The summed E-state index contributed by atoms with van der Waals surface area (Å²) in [6.45, 7) is 6.79. The lowest BCUT2D eigenvalue weighted by Gasteiger charge is -2.34. The molecular formula is C16H23N3O. The van der Waals surface area contributed by atoms with Gasteiger partial charge in [0.25, 0.3) is 0 Å². The average molecular weight is 273 g/mol. The van der Waals surface area contributed by atoms with Crippen molar-refractivity contribution < 1.29 is 4.74 Å². The normalized spacial score (nSPS) is 13.6. The molecule has 20 heavy (non-hydrogen) atoms. The zero-order chi connectivity index (χ0) is 14.6. The van der Waals surface area contributed by atoms with Crippen molar-refractivity contribution in [1.29, 1.82) is 0 Å². The number of benzene rings is 1. The molecule has 1 atom stereocenters. The van der Waals surface area contributed by atoms with E-state index in [4.69, 9.17) is 10.6 Å². The SMILES string of the molecule is CCOC(C)(C)C(Cc1ccnc2ccccc12)NN. The maximum Gasteiger partial charge on any atom is 0.0795 e. The monoisotopic (exact) mass is 273 g/mol. The van der Waals surface area contributed by atoms with Gasteiger partial charge in [0.2, 0.25) is 0 Å². The summed E-state index contributed by atoms with van der Waals surface area (Å²) in [7, 11) is 0. The van der Waals surface area contributed by atoms with Gasteiger partial charge in [-0.1, -0.05) is 18.2 Å². The predicted molar refractivity (Wildman–Crippen MR) is 82.3 cm³/mol. The van der Waals surface area contributed by atoms with Crippen molar-refractivity contribution in [3.05, 3.63) is 42.1 Å². The second kappa shape index (κ2) is 6.31. The van der Waals surface area contributed by atoms with Crippen molar-refractivity contribution in [2.75, 3.05) is 6.61 Å². The minimum atomic E-state index is -0.326. The van der Waals surface area contributed by atoms with Crippen LogP contribution in [-0.4, -0.2) is 23.2 Å². The quantitative estimate of drug-likeness (QED) is 0.627. The van der Waals surface area contributed by atoms with Crippen LogP contribution in [0.1, 0.15) is 26.3 Å². The Labute approximate surface area is 120 Å². The smallest absolute Gasteiger partial charge is 0.0795 e. The molecular weight excluding hydrogens is 250 g/mol. The topological polar surface area (TPSA) is 60.2 Å². The summed E-state index contributed by atoms with van der Waals surface area (Å²) in [6, 6.07) is 10.2. The van der Waals surface area contributed by atoms with E-state index in [9.17, 15) is 0 Å².